The highest BCUT2D eigenvalue weighted by Crippen LogP contribution is 2.27. The Kier molecular flexibility index (Phi) is 5.32. The highest BCUT2D eigenvalue weighted by atomic mass is 19.4. The van der Waals surface area contributed by atoms with Gasteiger partial charge in [-0.25, -0.2) is 0 Å². The minimum Gasteiger partial charge on any atom is -0.466 e. The second kappa shape index (κ2) is 6.56. The number of halogens is 3. The van der Waals surface area contributed by atoms with Crippen molar-refractivity contribution in [2.75, 3.05) is 6.61 Å². The van der Waals surface area contributed by atoms with Gasteiger partial charge in [0.1, 0.15) is 0 Å². The van der Waals surface area contributed by atoms with Gasteiger partial charge in [0.15, 0.2) is 5.75 Å². The van der Waals surface area contributed by atoms with Crippen LogP contribution in [0.3, 0.4) is 0 Å². The van der Waals surface area contributed by atoms with Crippen LogP contribution in [0.25, 0.3) is 0 Å². The predicted octanol–water partition coefficient (Wildman–Crippen LogP) is 1.85. The van der Waals surface area contributed by atoms with Gasteiger partial charge in [0, 0.05) is 6.54 Å². The van der Waals surface area contributed by atoms with Crippen LogP contribution in [0.4, 0.5) is 13.2 Å². The zero-order valence-electron chi connectivity index (χ0n) is 11.1. The van der Waals surface area contributed by atoms with Gasteiger partial charge in [0.05, 0.1) is 24.4 Å². The van der Waals surface area contributed by atoms with Crippen molar-refractivity contribution in [2.24, 2.45) is 5.73 Å². The average molecular weight is 292 g/mol. The Labute approximate surface area is 113 Å². The van der Waals surface area contributed by atoms with Crippen LogP contribution in [0.15, 0.2) is 6.07 Å². The van der Waals surface area contributed by atoms with Crippen LogP contribution in [0.1, 0.15) is 23.9 Å². The molecule has 0 aliphatic carbocycles. The van der Waals surface area contributed by atoms with Crippen LogP contribution in [0.2, 0.25) is 0 Å². The summed E-state index contributed by atoms with van der Waals surface area (Å²) in [5.74, 6) is -0.958. The zero-order chi connectivity index (χ0) is 15.3. The highest BCUT2D eigenvalue weighted by Gasteiger charge is 2.32. The first-order valence-corrected chi connectivity index (χ1v) is 5.87. The maximum absolute atomic E-state index is 12.2. The van der Waals surface area contributed by atoms with E-state index in [1.165, 1.54) is 6.92 Å². The van der Waals surface area contributed by atoms with Gasteiger partial charge >= 0.3 is 12.3 Å². The maximum atomic E-state index is 12.2. The van der Waals surface area contributed by atoms with Crippen LogP contribution in [-0.4, -0.2) is 23.9 Å². The minimum absolute atomic E-state index is 0.0628. The molecule has 8 heteroatoms. The summed E-state index contributed by atoms with van der Waals surface area (Å²) in [6, 6.07) is 1.16. The molecule has 1 heterocycles. The monoisotopic (exact) mass is 292 g/mol. The molecule has 0 unspecified atom stereocenters. The van der Waals surface area contributed by atoms with Crippen LogP contribution in [0.5, 0.6) is 5.75 Å². The first-order valence-electron chi connectivity index (χ1n) is 5.87. The van der Waals surface area contributed by atoms with Crippen molar-refractivity contribution in [3.8, 4) is 5.75 Å². The Hall–Kier alpha value is -1.83. The lowest BCUT2D eigenvalue weighted by Crippen LogP contribution is -2.20. The molecule has 0 aromatic carbocycles. The van der Waals surface area contributed by atoms with Gasteiger partial charge in [-0.2, -0.15) is 0 Å². The number of aryl methyl sites for hydroxylation is 1. The van der Waals surface area contributed by atoms with E-state index in [1.807, 2.05) is 0 Å². The molecule has 20 heavy (non-hydrogen) atoms. The van der Waals surface area contributed by atoms with E-state index in [4.69, 9.17) is 10.5 Å². The Morgan fingerprint density at radius 1 is 1.40 bits per heavy atom. The summed E-state index contributed by atoms with van der Waals surface area (Å²) < 4.78 is 45.3. The molecule has 0 aliphatic heterocycles. The number of nitrogens with two attached hydrogens (primary N) is 1. The summed E-state index contributed by atoms with van der Waals surface area (Å²) in [4.78, 5) is 15.3. The third-order valence-electron chi connectivity index (χ3n) is 2.39. The lowest BCUT2D eigenvalue weighted by molar-refractivity contribution is -0.275. The standard InChI is InChI=1S/C12H15F3N2O3/c1-3-19-11(18)5-8-7(2)4-10(9(6-16)17-8)20-12(13,14)15/h4H,3,5-6,16H2,1-2H3. The van der Waals surface area contributed by atoms with E-state index in [2.05, 4.69) is 9.72 Å². The normalized spacial score (nSPS) is 11.3. The smallest absolute Gasteiger partial charge is 0.466 e. The second-order valence-corrected chi connectivity index (χ2v) is 3.93. The molecular formula is C12H15F3N2O3. The molecule has 0 spiro atoms. The molecule has 1 rings (SSSR count). The van der Waals surface area contributed by atoms with E-state index in [0.717, 1.165) is 6.07 Å². The topological polar surface area (TPSA) is 74.4 Å². The van der Waals surface area contributed by atoms with Gasteiger partial charge in [-0.3, -0.25) is 9.78 Å². The van der Waals surface area contributed by atoms with E-state index < -0.39 is 18.1 Å². The molecule has 0 saturated carbocycles. The zero-order valence-corrected chi connectivity index (χ0v) is 11.1. The Bertz CT molecular complexity index is 490. The lowest BCUT2D eigenvalue weighted by Gasteiger charge is -2.14. The van der Waals surface area contributed by atoms with Crippen molar-refractivity contribution in [1.82, 2.24) is 4.98 Å². The number of hydrogen-bond donors (Lipinski definition) is 1. The summed E-state index contributed by atoms with van der Waals surface area (Å²) in [5.41, 5.74) is 6.00. The van der Waals surface area contributed by atoms with Crippen molar-refractivity contribution in [1.29, 1.82) is 0 Å². The summed E-state index contributed by atoms with van der Waals surface area (Å²) in [6.45, 7) is 3.17. The van der Waals surface area contributed by atoms with Crippen LogP contribution in [0, 0.1) is 6.92 Å². The summed E-state index contributed by atoms with van der Waals surface area (Å²) in [7, 11) is 0. The number of rotatable bonds is 5. The number of carbonyl (C=O) groups is 1. The highest BCUT2D eigenvalue weighted by molar-refractivity contribution is 5.72. The molecule has 1 aromatic heterocycles. The number of ether oxygens (including phenoxy) is 2. The van der Waals surface area contributed by atoms with Crippen molar-refractivity contribution in [3.05, 3.63) is 23.0 Å². The maximum Gasteiger partial charge on any atom is 0.573 e. The van der Waals surface area contributed by atoms with Gasteiger partial charge in [0.25, 0.3) is 0 Å². The molecular weight excluding hydrogens is 277 g/mol. The first-order chi connectivity index (χ1) is 9.26. The van der Waals surface area contributed by atoms with E-state index in [9.17, 15) is 18.0 Å². The fourth-order valence-corrected chi connectivity index (χ4v) is 1.56. The molecule has 1 aromatic rings. The Morgan fingerprint density at radius 3 is 2.55 bits per heavy atom. The fraction of sp³-hybridized carbons (Fsp3) is 0.500. The molecule has 5 nitrogen and oxygen atoms in total. The van der Waals surface area contributed by atoms with Crippen LogP contribution < -0.4 is 10.5 Å². The lowest BCUT2D eigenvalue weighted by atomic mass is 10.1. The van der Waals surface area contributed by atoms with Crippen molar-refractivity contribution < 1.29 is 27.4 Å². The number of hydrogen-bond acceptors (Lipinski definition) is 5. The largest absolute Gasteiger partial charge is 0.573 e. The quantitative estimate of drug-likeness (QED) is 0.838. The van der Waals surface area contributed by atoms with Crippen molar-refractivity contribution >= 4 is 5.97 Å². The minimum atomic E-state index is -4.82. The Morgan fingerprint density at radius 2 is 2.05 bits per heavy atom. The van der Waals surface area contributed by atoms with Gasteiger partial charge in [-0.05, 0) is 25.5 Å². The van der Waals surface area contributed by atoms with Crippen LogP contribution in [-0.2, 0) is 22.5 Å². The van der Waals surface area contributed by atoms with Gasteiger partial charge in [0.2, 0.25) is 0 Å². The van der Waals surface area contributed by atoms with E-state index in [-0.39, 0.29) is 25.3 Å². The Balaban J connectivity index is 3.03. The molecule has 0 saturated heterocycles. The van der Waals surface area contributed by atoms with E-state index in [0.29, 0.717) is 11.3 Å². The van der Waals surface area contributed by atoms with Crippen LogP contribution >= 0.6 is 0 Å². The number of nitrogens with zero attached hydrogens (tertiary/aromatic N) is 1. The van der Waals surface area contributed by atoms with E-state index in [1.54, 1.807) is 6.92 Å². The van der Waals surface area contributed by atoms with E-state index >= 15 is 0 Å². The number of esters is 1. The molecule has 0 amide bonds. The number of aromatic nitrogens is 1. The van der Waals surface area contributed by atoms with Gasteiger partial charge < -0.3 is 15.2 Å². The molecule has 112 valence electrons. The van der Waals surface area contributed by atoms with Gasteiger partial charge in [-0.1, -0.05) is 0 Å². The van der Waals surface area contributed by atoms with Crippen molar-refractivity contribution in [2.45, 2.75) is 33.2 Å². The first kappa shape index (κ1) is 16.2. The molecule has 0 radical (unpaired) electrons. The summed E-state index contributed by atoms with van der Waals surface area (Å²) in [5, 5.41) is 0. The second-order valence-electron chi connectivity index (χ2n) is 3.93. The molecule has 2 N–H and O–H groups in total. The molecule has 0 fully saturated rings. The van der Waals surface area contributed by atoms with Gasteiger partial charge in [-0.15, -0.1) is 13.2 Å². The molecule has 0 atom stereocenters. The molecule has 0 aliphatic rings. The predicted molar refractivity (Wildman–Crippen MR) is 63.9 cm³/mol. The number of pyridine rings is 1. The SMILES string of the molecule is CCOC(=O)Cc1nc(CN)c(OC(F)(F)F)cc1C. The fourth-order valence-electron chi connectivity index (χ4n) is 1.56. The summed E-state index contributed by atoms with van der Waals surface area (Å²) in [6.07, 6.45) is -4.94. The van der Waals surface area contributed by atoms with Crippen molar-refractivity contribution in [3.63, 3.8) is 0 Å². The number of alkyl halides is 3. The third-order valence-corrected chi connectivity index (χ3v) is 2.39. The summed E-state index contributed by atoms with van der Waals surface area (Å²) >= 11 is 0. The average Bonchev–Trinajstić information content (AvgIpc) is 2.31. The third kappa shape index (κ3) is 4.69. The number of carbonyl (C=O) groups excluding carboxylic acids is 1. The molecule has 0 bridgehead atoms.